The van der Waals surface area contributed by atoms with E-state index >= 15 is 0 Å². The number of carbonyl (C=O) groups excluding carboxylic acids is 1. The Morgan fingerprint density at radius 2 is 1.94 bits per heavy atom. The lowest BCUT2D eigenvalue weighted by atomic mass is 10.1. The van der Waals surface area contributed by atoms with Crippen molar-refractivity contribution in [3.63, 3.8) is 0 Å². The van der Waals surface area contributed by atoms with E-state index in [-0.39, 0.29) is 5.78 Å². The SMILES string of the molecule is CSc1sccc1C(=O)c1ccc(Cl)cc1. The minimum atomic E-state index is 0.0577. The third-order valence-corrected chi connectivity index (χ3v) is 4.50. The number of hydrogen-bond acceptors (Lipinski definition) is 3. The van der Waals surface area contributed by atoms with Gasteiger partial charge in [0.15, 0.2) is 5.78 Å². The molecular weight excluding hydrogens is 260 g/mol. The van der Waals surface area contributed by atoms with Gasteiger partial charge in [-0.05, 0) is 42.0 Å². The standard InChI is InChI=1S/C12H9ClOS2/c1-15-12-10(6-7-16-12)11(14)8-2-4-9(13)5-3-8/h2-7H,1H3. The fraction of sp³-hybridized carbons (Fsp3) is 0.0833. The normalized spacial score (nSPS) is 10.4. The number of benzene rings is 1. The highest BCUT2D eigenvalue weighted by molar-refractivity contribution is 8.00. The predicted octanol–water partition coefficient (Wildman–Crippen LogP) is 4.35. The molecule has 0 aliphatic carbocycles. The maximum atomic E-state index is 12.1. The fourth-order valence-corrected chi connectivity index (χ4v) is 3.05. The van der Waals surface area contributed by atoms with Crippen LogP contribution in [0.5, 0.6) is 0 Å². The first-order valence-corrected chi connectivity index (χ1v) is 7.12. The van der Waals surface area contributed by atoms with Crippen LogP contribution in [0.25, 0.3) is 0 Å². The summed E-state index contributed by atoms with van der Waals surface area (Å²) >= 11 is 8.98. The van der Waals surface area contributed by atoms with Crippen LogP contribution in [-0.2, 0) is 0 Å². The first kappa shape index (κ1) is 11.7. The number of rotatable bonds is 3. The van der Waals surface area contributed by atoms with Gasteiger partial charge in [0.05, 0.1) is 4.21 Å². The highest BCUT2D eigenvalue weighted by Crippen LogP contribution is 2.28. The van der Waals surface area contributed by atoms with Crippen LogP contribution in [0.4, 0.5) is 0 Å². The molecule has 0 unspecified atom stereocenters. The fourth-order valence-electron chi connectivity index (χ4n) is 1.38. The zero-order valence-electron chi connectivity index (χ0n) is 8.57. The lowest BCUT2D eigenvalue weighted by Gasteiger charge is -2.01. The number of hydrogen-bond donors (Lipinski definition) is 0. The molecule has 0 N–H and O–H groups in total. The van der Waals surface area contributed by atoms with Gasteiger partial charge in [0, 0.05) is 16.1 Å². The molecule has 0 aliphatic heterocycles. The summed E-state index contributed by atoms with van der Waals surface area (Å²) in [6.07, 6.45) is 1.98. The molecule has 0 atom stereocenters. The molecule has 1 nitrogen and oxygen atoms in total. The summed E-state index contributed by atoms with van der Waals surface area (Å²) in [5, 5.41) is 2.58. The summed E-state index contributed by atoms with van der Waals surface area (Å²) in [5.41, 5.74) is 1.46. The van der Waals surface area contributed by atoms with Gasteiger partial charge in [0.25, 0.3) is 0 Å². The summed E-state index contributed by atoms with van der Waals surface area (Å²) < 4.78 is 1.06. The smallest absolute Gasteiger partial charge is 0.195 e. The lowest BCUT2D eigenvalue weighted by molar-refractivity contribution is 0.103. The Hall–Kier alpha value is -0.770. The molecule has 0 radical (unpaired) electrons. The van der Waals surface area contributed by atoms with Crippen LogP contribution in [0.1, 0.15) is 15.9 Å². The van der Waals surface area contributed by atoms with Crippen LogP contribution < -0.4 is 0 Å². The molecule has 0 saturated carbocycles. The monoisotopic (exact) mass is 268 g/mol. The summed E-state index contributed by atoms with van der Waals surface area (Å²) in [5.74, 6) is 0.0577. The average Bonchev–Trinajstić information content (AvgIpc) is 2.77. The van der Waals surface area contributed by atoms with Crippen molar-refractivity contribution in [3.8, 4) is 0 Å². The molecule has 2 rings (SSSR count). The Labute approximate surface area is 107 Å². The summed E-state index contributed by atoms with van der Waals surface area (Å²) in [6.45, 7) is 0. The molecule has 1 aromatic heterocycles. The van der Waals surface area contributed by atoms with Gasteiger partial charge in [0.1, 0.15) is 0 Å². The second kappa shape index (κ2) is 5.04. The van der Waals surface area contributed by atoms with Crippen LogP contribution in [0.15, 0.2) is 39.9 Å². The van der Waals surface area contributed by atoms with Crippen LogP contribution in [0, 0.1) is 0 Å². The number of thioether (sulfide) groups is 1. The Morgan fingerprint density at radius 1 is 1.25 bits per heavy atom. The zero-order valence-corrected chi connectivity index (χ0v) is 11.0. The van der Waals surface area contributed by atoms with Crippen LogP contribution in [-0.4, -0.2) is 12.0 Å². The van der Waals surface area contributed by atoms with Crippen molar-refractivity contribution in [2.75, 3.05) is 6.26 Å². The molecule has 0 bridgehead atoms. The van der Waals surface area contributed by atoms with E-state index in [4.69, 9.17) is 11.6 Å². The molecule has 1 aromatic carbocycles. The number of halogens is 1. The summed E-state index contributed by atoms with van der Waals surface area (Å²) in [4.78, 5) is 12.1. The van der Waals surface area contributed by atoms with E-state index in [1.165, 1.54) is 0 Å². The van der Waals surface area contributed by atoms with Crippen molar-refractivity contribution in [1.82, 2.24) is 0 Å². The summed E-state index contributed by atoms with van der Waals surface area (Å²) in [7, 11) is 0. The van der Waals surface area contributed by atoms with Gasteiger partial charge in [-0.1, -0.05) is 11.6 Å². The van der Waals surface area contributed by atoms with Gasteiger partial charge < -0.3 is 0 Å². The van der Waals surface area contributed by atoms with E-state index in [1.807, 2.05) is 17.7 Å². The number of ketones is 1. The van der Waals surface area contributed by atoms with E-state index < -0.39 is 0 Å². The van der Waals surface area contributed by atoms with E-state index in [0.29, 0.717) is 10.6 Å². The molecule has 0 fully saturated rings. The van der Waals surface area contributed by atoms with Crippen molar-refractivity contribution in [2.45, 2.75) is 4.21 Å². The topological polar surface area (TPSA) is 17.1 Å². The van der Waals surface area contributed by atoms with Gasteiger partial charge in [-0.3, -0.25) is 4.79 Å². The first-order valence-electron chi connectivity index (χ1n) is 4.64. The molecule has 0 amide bonds. The molecule has 1 heterocycles. The van der Waals surface area contributed by atoms with E-state index in [1.54, 1.807) is 47.4 Å². The van der Waals surface area contributed by atoms with Crippen molar-refractivity contribution < 1.29 is 4.79 Å². The minimum absolute atomic E-state index is 0.0577. The Morgan fingerprint density at radius 3 is 2.56 bits per heavy atom. The molecule has 0 aliphatic rings. The molecule has 0 spiro atoms. The Bertz CT molecular complexity index is 502. The Kier molecular flexibility index (Phi) is 3.69. The van der Waals surface area contributed by atoms with Crippen LogP contribution in [0.2, 0.25) is 5.02 Å². The van der Waals surface area contributed by atoms with Gasteiger partial charge in [0.2, 0.25) is 0 Å². The number of thiophene rings is 1. The highest BCUT2D eigenvalue weighted by Gasteiger charge is 2.14. The zero-order chi connectivity index (χ0) is 11.5. The molecule has 2 aromatic rings. The maximum Gasteiger partial charge on any atom is 0.195 e. The summed E-state index contributed by atoms with van der Waals surface area (Å²) in [6, 6.07) is 8.85. The Balaban J connectivity index is 2.35. The first-order chi connectivity index (χ1) is 7.72. The van der Waals surface area contributed by atoms with E-state index in [0.717, 1.165) is 9.77 Å². The molecule has 82 valence electrons. The van der Waals surface area contributed by atoms with Crippen LogP contribution >= 0.6 is 34.7 Å². The van der Waals surface area contributed by atoms with Crippen molar-refractivity contribution in [2.24, 2.45) is 0 Å². The van der Waals surface area contributed by atoms with Gasteiger partial charge in [-0.25, -0.2) is 0 Å². The van der Waals surface area contributed by atoms with Gasteiger partial charge in [-0.2, -0.15) is 0 Å². The second-order valence-electron chi connectivity index (χ2n) is 3.16. The third-order valence-electron chi connectivity index (χ3n) is 2.17. The highest BCUT2D eigenvalue weighted by atomic mass is 35.5. The number of carbonyl (C=O) groups is 1. The maximum absolute atomic E-state index is 12.1. The predicted molar refractivity (Wildman–Crippen MR) is 71.0 cm³/mol. The van der Waals surface area contributed by atoms with E-state index in [2.05, 4.69) is 0 Å². The lowest BCUT2D eigenvalue weighted by Crippen LogP contribution is -2.00. The van der Waals surface area contributed by atoms with Gasteiger partial charge >= 0.3 is 0 Å². The van der Waals surface area contributed by atoms with Gasteiger partial charge in [-0.15, -0.1) is 23.1 Å². The van der Waals surface area contributed by atoms with Crippen molar-refractivity contribution in [1.29, 1.82) is 0 Å². The second-order valence-corrected chi connectivity index (χ2v) is 5.59. The third kappa shape index (κ3) is 2.32. The molecular formula is C12H9ClOS2. The molecule has 4 heteroatoms. The minimum Gasteiger partial charge on any atom is -0.289 e. The molecule has 0 saturated heterocycles. The molecule has 16 heavy (non-hydrogen) atoms. The largest absolute Gasteiger partial charge is 0.289 e. The van der Waals surface area contributed by atoms with Crippen molar-refractivity contribution >= 4 is 40.5 Å². The van der Waals surface area contributed by atoms with Crippen LogP contribution in [0.3, 0.4) is 0 Å². The average molecular weight is 269 g/mol. The van der Waals surface area contributed by atoms with E-state index in [9.17, 15) is 4.79 Å². The van der Waals surface area contributed by atoms with Crippen molar-refractivity contribution in [3.05, 3.63) is 51.9 Å². The quantitative estimate of drug-likeness (QED) is 0.608.